The number of nitrogens with one attached hydrogen (secondary N) is 2. The van der Waals surface area contributed by atoms with Gasteiger partial charge >= 0.3 is 0 Å². The molecule has 252 valence electrons. The third kappa shape index (κ3) is 5.66. The Kier molecular flexibility index (Phi) is 7.90. The number of aromatic nitrogens is 1. The summed E-state index contributed by atoms with van der Waals surface area (Å²) in [6.45, 7) is 7.57. The van der Waals surface area contributed by atoms with Crippen molar-refractivity contribution in [3.05, 3.63) is 59.9 Å². The Balaban J connectivity index is 1.22. The number of benzene rings is 2. The minimum absolute atomic E-state index is 0.00142. The Morgan fingerprint density at radius 3 is 2.67 bits per heavy atom. The van der Waals surface area contributed by atoms with Crippen LogP contribution in [0.3, 0.4) is 0 Å². The van der Waals surface area contributed by atoms with Crippen LogP contribution in [0.1, 0.15) is 46.0 Å². The van der Waals surface area contributed by atoms with E-state index in [9.17, 15) is 27.2 Å². The summed E-state index contributed by atoms with van der Waals surface area (Å²) in [7, 11) is -3.86. The molecule has 3 amide bonds. The maximum Gasteiger partial charge on any atom is 0.259 e. The molecule has 3 fully saturated rings. The lowest BCUT2D eigenvalue weighted by Crippen LogP contribution is -2.56. The number of para-hydroxylation sites is 1. The Morgan fingerprint density at radius 2 is 1.98 bits per heavy atom. The van der Waals surface area contributed by atoms with Gasteiger partial charge in [-0.3, -0.25) is 19.1 Å². The summed E-state index contributed by atoms with van der Waals surface area (Å²) in [4.78, 5) is 46.9. The normalized spacial score (nSPS) is 23.9. The van der Waals surface area contributed by atoms with Gasteiger partial charge in [0.1, 0.15) is 29.0 Å². The molecule has 0 radical (unpaired) electrons. The first-order valence-electron chi connectivity index (χ1n) is 15.9. The number of fused-ring (bicyclic) bond motifs is 4. The van der Waals surface area contributed by atoms with Crippen LogP contribution in [0.5, 0.6) is 5.75 Å². The second-order valence-corrected chi connectivity index (χ2v) is 15.7. The van der Waals surface area contributed by atoms with E-state index < -0.39 is 56.5 Å². The molecular weight excluding hydrogens is 663 g/mol. The highest BCUT2D eigenvalue weighted by Crippen LogP contribution is 2.46. The molecular formula is C34H34ClFN4O7S. The van der Waals surface area contributed by atoms with Gasteiger partial charge in [0.15, 0.2) is 16.9 Å². The van der Waals surface area contributed by atoms with Gasteiger partial charge in [0.25, 0.3) is 5.91 Å². The molecule has 2 aromatic heterocycles. The number of pyridine rings is 1. The number of halogens is 2. The van der Waals surface area contributed by atoms with Gasteiger partial charge in [-0.1, -0.05) is 37.6 Å². The Hall–Kier alpha value is -4.23. The van der Waals surface area contributed by atoms with Crippen molar-refractivity contribution in [2.45, 2.75) is 68.9 Å². The number of hydrogen-bond donors (Lipinski definition) is 2. The zero-order chi connectivity index (χ0) is 34.1. The highest BCUT2D eigenvalue weighted by Gasteiger charge is 2.62. The first kappa shape index (κ1) is 32.3. The van der Waals surface area contributed by atoms with Crippen molar-refractivity contribution in [3.63, 3.8) is 0 Å². The third-order valence-corrected chi connectivity index (χ3v) is 11.4. The van der Waals surface area contributed by atoms with Crippen LogP contribution in [-0.4, -0.2) is 65.5 Å². The van der Waals surface area contributed by atoms with Crippen molar-refractivity contribution in [2.24, 2.45) is 11.8 Å². The predicted octanol–water partition coefficient (Wildman–Crippen LogP) is 4.99. The second kappa shape index (κ2) is 11.7. The van der Waals surface area contributed by atoms with E-state index in [0.29, 0.717) is 45.3 Å². The molecule has 0 unspecified atom stereocenters. The lowest BCUT2D eigenvalue weighted by atomic mass is 10.1. The fraction of sp³-hybridized carbons (Fsp3) is 0.412. The zero-order valence-electron chi connectivity index (χ0n) is 26.3. The van der Waals surface area contributed by atoms with Gasteiger partial charge in [-0.25, -0.2) is 17.8 Å². The monoisotopic (exact) mass is 696 g/mol. The molecule has 1 aliphatic heterocycles. The summed E-state index contributed by atoms with van der Waals surface area (Å²) < 4.78 is 54.4. The largest absolute Gasteiger partial charge is 0.484 e. The average Bonchev–Trinajstić information content (AvgIpc) is 3.93. The molecule has 0 spiro atoms. The molecule has 1 saturated heterocycles. The maximum atomic E-state index is 14.4. The molecule has 3 aliphatic rings. The number of ether oxygens (including phenoxy) is 1. The summed E-state index contributed by atoms with van der Waals surface area (Å²) >= 11 is 6.43. The van der Waals surface area contributed by atoms with E-state index in [1.807, 2.05) is 13.8 Å². The van der Waals surface area contributed by atoms with Crippen molar-refractivity contribution in [1.29, 1.82) is 0 Å². The van der Waals surface area contributed by atoms with Crippen molar-refractivity contribution >= 4 is 72.3 Å². The van der Waals surface area contributed by atoms with E-state index in [1.165, 1.54) is 29.2 Å². The Bertz CT molecular complexity index is 2130. The number of hydrogen-bond acceptors (Lipinski definition) is 8. The number of likely N-dealkylation sites (tertiary alicyclic amines) is 1. The number of amides is 3. The fourth-order valence-corrected chi connectivity index (χ4v) is 8.12. The fourth-order valence-electron chi connectivity index (χ4n) is 6.55. The van der Waals surface area contributed by atoms with Crippen LogP contribution in [0.2, 0.25) is 5.02 Å². The third-order valence-electron chi connectivity index (χ3n) is 9.29. The molecule has 2 aliphatic carbocycles. The predicted molar refractivity (Wildman–Crippen MR) is 177 cm³/mol. The second-order valence-electron chi connectivity index (χ2n) is 13.3. The summed E-state index contributed by atoms with van der Waals surface area (Å²) in [5.41, 5.74) is -0.104. The van der Waals surface area contributed by atoms with E-state index >= 15 is 0 Å². The van der Waals surface area contributed by atoms with Gasteiger partial charge in [0, 0.05) is 35.6 Å². The number of carbonyl (C=O) groups is 3. The molecule has 48 heavy (non-hydrogen) atoms. The van der Waals surface area contributed by atoms with Crippen LogP contribution < -0.4 is 14.8 Å². The Labute approximate surface area is 280 Å². The van der Waals surface area contributed by atoms with Crippen LogP contribution in [-0.2, 0) is 24.4 Å². The van der Waals surface area contributed by atoms with Crippen molar-refractivity contribution in [1.82, 2.24) is 19.9 Å². The molecule has 4 aromatic rings. The van der Waals surface area contributed by atoms with E-state index in [-0.39, 0.29) is 49.0 Å². The summed E-state index contributed by atoms with van der Waals surface area (Å²) in [6.07, 6.45) is 2.13. The molecule has 7 rings (SSSR count). The molecule has 11 nitrogen and oxygen atoms in total. The van der Waals surface area contributed by atoms with Gasteiger partial charge in [0.2, 0.25) is 21.8 Å². The van der Waals surface area contributed by atoms with Gasteiger partial charge in [-0.05, 0) is 49.4 Å². The lowest BCUT2D eigenvalue weighted by Gasteiger charge is -2.27. The number of rotatable bonds is 10. The van der Waals surface area contributed by atoms with Gasteiger partial charge in [0.05, 0.1) is 22.3 Å². The van der Waals surface area contributed by atoms with Gasteiger partial charge in [-0.15, -0.1) is 6.58 Å². The number of carbonyl (C=O) groups excluding carboxylic acids is 3. The molecule has 4 atom stereocenters. The first-order valence-corrected chi connectivity index (χ1v) is 17.8. The van der Waals surface area contributed by atoms with Crippen molar-refractivity contribution in [3.8, 4) is 5.75 Å². The Morgan fingerprint density at radius 1 is 1.21 bits per heavy atom. The van der Waals surface area contributed by atoms with Crippen LogP contribution in [0, 0.1) is 17.7 Å². The number of sulfonamides is 1. The SMILES string of the molecule is C=C[C@@H]1C[C@]1(NC(=O)[C@@H]1C[C@@H](Oc2c3ccc(F)cc3nc3c2oc2c(Cl)cccc23)CN1C(=O)CC(C)C)C(=O)NS(=O)(=O)C1CC1. The zero-order valence-corrected chi connectivity index (χ0v) is 27.9. The maximum absolute atomic E-state index is 14.4. The molecule has 0 bridgehead atoms. The van der Waals surface area contributed by atoms with Crippen LogP contribution in [0.4, 0.5) is 4.39 Å². The standard InChI is InChI=1S/C34H34ClFN4O7S/c1-4-18-15-34(18,33(43)39-48(44,45)21-9-10-21)38-32(42)26-14-20(16-40(26)27(41)12-17(2)3)46-30-22-11-8-19(36)13-25(22)37-28-23-6-5-7-24(35)29(23)47-31(28)30/h4-8,11,13,17-18,20-21,26H,1,9-10,12,14-16H2,2-3H3,(H,38,42)(H,39,43)/t18-,20-,26+,34-/m1/s1. The highest BCUT2D eigenvalue weighted by atomic mass is 35.5. The van der Waals surface area contributed by atoms with Crippen LogP contribution in [0.25, 0.3) is 33.0 Å². The quantitative estimate of drug-likeness (QED) is 0.221. The number of nitrogens with zero attached hydrogens (tertiary/aromatic N) is 2. The highest BCUT2D eigenvalue weighted by molar-refractivity contribution is 7.91. The molecule has 2 N–H and O–H groups in total. The van der Waals surface area contributed by atoms with Gasteiger partial charge in [-0.2, -0.15) is 0 Å². The molecule has 3 heterocycles. The molecule has 2 aromatic carbocycles. The van der Waals surface area contributed by atoms with Gasteiger partial charge < -0.3 is 19.4 Å². The minimum atomic E-state index is -3.86. The molecule has 14 heteroatoms. The van der Waals surface area contributed by atoms with Crippen molar-refractivity contribution in [2.75, 3.05) is 6.54 Å². The summed E-state index contributed by atoms with van der Waals surface area (Å²) in [5.74, 6) is -2.41. The van der Waals surface area contributed by atoms with E-state index in [2.05, 4.69) is 21.6 Å². The average molecular weight is 697 g/mol. The minimum Gasteiger partial charge on any atom is -0.484 e. The first-order chi connectivity index (χ1) is 22.8. The van der Waals surface area contributed by atoms with Crippen LogP contribution >= 0.6 is 11.6 Å². The molecule has 2 saturated carbocycles. The smallest absolute Gasteiger partial charge is 0.259 e. The van der Waals surface area contributed by atoms with E-state index in [4.69, 9.17) is 20.8 Å². The van der Waals surface area contributed by atoms with E-state index in [1.54, 1.807) is 18.2 Å². The number of furan rings is 1. The van der Waals surface area contributed by atoms with Crippen LogP contribution in [0.15, 0.2) is 53.5 Å². The van der Waals surface area contributed by atoms with E-state index in [0.717, 1.165) is 0 Å². The summed E-state index contributed by atoms with van der Waals surface area (Å²) in [6, 6.07) is 8.28. The topological polar surface area (TPSA) is 148 Å². The lowest BCUT2D eigenvalue weighted by molar-refractivity contribution is -0.140. The summed E-state index contributed by atoms with van der Waals surface area (Å²) in [5, 5.41) is 3.59. The van der Waals surface area contributed by atoms with Crippen molar-refractivity contribution < 1.29 is 36.3 Å².